The molecule has 0 aliphatic carbocycles. The van der Waals surface area contributed by atoms with E-state index in [1.54, 1.807) is 24.4 Å². The van der Waals surface area contributed by atoms with Crippen molar-refractivity contribution in [2.75, 3.05) is 7.11 Å². The summed E-state index contributed by atoms with van der Waals surface area (Å²) in [6.45, 7) is 0. The van der Waals surface area contributed by atoms with Gasteiger partial charge in [-0.15, -0.1) is 5.10 Å². The monoisotopic (exact) mass is 255 g/mol. The lowest BCUT2D eigenvalue weighted by Gasteiger charge is -2.03. The fourth-order valence-corrected chi connectivity index (χ4v) is 1.68. The molecule has 2 aromatic rings. The zero-order valence-corrected chi connectivity index (χ0v) is 9.83. The molecule has 0 saturated carbocycles. The largest absolute Gasteiger partial charge is 0.466 e. The van der Waals surface area contributed by atoms with Gasteiger partial charge in [-0.05, 0) is 18.2 Å². The molecule has 0 bridgehead atoms. The lowest BCUT2D eigenvalue weighted by atomic mass is 10.2. The molecule has 0 radical (unpaired) electrons. The minimum atomic E-state index is 0.217. The Morgan fingerprint density at radius 1 is 1.19 bits per heavy atom. The molecule has 1 aromatic heterocycles. The first-order chi connectivity index (χ1) is 7.70. The summed E-state index contributed by atoms with van der Waals surface area (Å²) in [6, 6.07) is 5.36. The van der Waals surface area contributed by atoms with E-state index in [4.69, 9.17) is 27.9 Å². The topological polar surface area (TPSA) is 47.9 Å². The number of aromatic nitrogens is 3. The van der Waals surface area contributed by atoms with Crippen LogP contribution in [0.25, 0.3) is 11.3 Å². The first-order valence-electron chi connectivity index (χ1n) is 4.40. The molecule has 6 heteroatoms. The SMILES string of the molecule is COc1ncc(-c2ccc(Cl)cc2Cl)nn1. The number of benzene rings is 1. The van der Waals surface area contributed by atoms with Crippen molar-refractivity contribution in [3.8, 4) is 17.3 Å². The van der Waals surface area contributed by atoms with E-state index in [0.717, 1.165) is 5.56 Å². The fourth-order valence-electron chi connectivity index (χ4n) is 1.18. The molecule has 0 saturated heterocycles. The first-order valence-corrected chi connectivity index (χ1v) is 5.15. The van der Waals surface area contributed by atoms with E-state index in [9.17, 15) is 0 Å². The second-order valence-electron chi connectivity index (χ2n) is 2.95. The highest BCUT2D eigenvalue weighted by atomic mass is 35.5. The van der Waals surface area contributed by atoms with Crippen LogP contribution < -0.4 is 4.74 Å². The van der Waals surface area contributed by atoms with Crippen LogP contribution in [0.3, 0.4) is 0 Å². The molecule has 1 aromatic carbocycles. The maximum atomic E-state index is 6.03. The number of nitrogens with zero attached hydrogens (tertiary/aromatic N) is 3. The Kier molecular flexibility index (Phi) is 3.22. The molecule has 0 fully saturated rings. The van der Waals surface area contributed by atoms with Crippen molar-refractivity contribution in [3.05, 3.63) is 34.4 Å². The Balaban J connectivity index is 2.42. The lowest BCUT2D eigenvalue weighted by Crippen LogP contribution is -1.95. The Morgan fingerprint density at radius 3 is 2.56 bits per heavy atom. The van der Waals surface area contributed by atoms with Crippen LogP contribution in [-0.2, 0) is 0 Å². The number of methoxy groups -OCH3 is 1. The van der Waals surface area contributed by atoms with E-state index in [2.05, 4.69) is 15.2 Å². The van der Waals surface area contributed by atoms with Crippen molar-refractivity contribution in [2.24, 2.45) is 0 Å². The molecule has 1 heterocycles. The average molecular weight is 256 g/mol. The molecular weight excluding hydrogens is 249 g/mol. The quantitative estimate of drug-likeness (QED) is 0.828. The summed E-state index contributed by atoms with van der Waals surface area (Å²) in [4.78, 5) is 3.95. The van der Waals surface area contributed by atoms with Gasteiger partial charge in [-0.3, -0.25) is 0 Å². The van der Waals surface area contributed by atoms with E-state index < -0.39 is 0 Å². The Labute approximate surface area is 102 Å². The maximum absolute atomic E-state index is 6.03. The molecule has 0 amide bonds. The predicted octanol–water partition coefficient (Wildman–Crippen LogP) is 2.85. The molecule has 82 valence electrons. The Bertz CT molecular complexity index is 502. The number of hydrogen-bond acceptors (Lipinski definition) is 4. The number of rotatable bonds is 2. The summed E-state index contributed by atoms with van der Waals surface area (Å²) in [5.74, 6) is 0. The molecule has 0 unspecified atom stereocenters. The Hall–Kier alpha value is -1.39. The molecule has 0 atom stereocenters. The smallest absolute Gasteiger partial charge is 0.335 e. The van der Waals surface area contributed by atoms with Crippen molar-refractivity contribution in [3.63, 3.8) is 0 Å². The number of halogens is 2. The average Bonchev–Trinajstić information content (AvgIpc) is 2.29. The van der Waals surface area contributed by atoms with Crippen molar-refractivity contribution < 1.29 is 4.74 Å². The van der Waals surface area contributed by atoms with E-state index >= 15 is 0 Å². The summed E-state index contributed by atoms with van der Waals surface area (Å²) in [5.41, 5.74) is 1.30. The highest BCUT2D eigenvalue weighted by Crippen LogP contribution is 2.28. The standard InChI is InChI=1S/C10H7Cl2N3O/c1-16-10-13-5-9(14-15-10)7-3-2-6(11)4-8(7)12/h2-5H,1H3. The van der Waals surface area contributed by atoms with Crippen molar-refractivity contribution >= 4 is 23.2 Å². The first kappa shape index (κ1) is 11.1. The van der Waals surface area contributed by atoms with Gasteiger partial charge in [0, 0.05) is 10.6 Å². The summed E-state index contributed by atoms with van der Waals surface area (Å²) < 4.78 is 4.82. The fraction of sp³-hybridized carbons (Fsp3) is 0.100. The highest BCUT2D eigenvalue weighted by molar-refractivity contribution is 6.36. The predicted molar refractivity (Wildman–Crippen MR) is 61.8 cm³/mol. The van der Waals surface area contributed by atoms with Gasteiger partial charge in [-0.25, -0.2) is 4.98 Å². The zero-order valence-electron chi connectivity index (χ0n) is 8.32. The van der Waals surface area contributed by atoms with E-state index in [1.165, 1.54) is 7.11 Å². The lowest BCUT2D eigenvalue weighted by molar-refractivity contribution is 0.373. The van der Waals surface area contributed by atoms with E-state index in [1.807, 2.05) is 0 Å². The van der Waals surface area contributed by atoms with Gasteiger partial charge in [0.1, 0.15) is 5.69 Å². The number of hydrogen-bond donors (Lipinski definition) is 0. The molecule has 0 aliphatic heterocycles. The van der Waals surface area contributed by atoms with Crippen LogP contribution in [0.4, 0.5) is 0 Å². The van der Waals surface area contributed by atoms with Crippen LogP contribution in [0.1, 0.15) is 0 Å². The van der Waals surface area contributed by atoms with Gasteiger partial charge in [-0.1, -0.05) is 28.3 Å². The van der Waals surface area contributed by atoms with Crippen LogP contribution in [0, 0.1) is 0 Å². The summed E-state index contributed by atoms with van der Waals surface area (Å²) in [7, 11) is 1.48. The molecule has 4 nitrogen and oxygen atoms in total. The summed E-state index contributed by atoms with van der Waals surface area (Å²) in [5, 5.41) is 8.79. The van der Waals surface area contributed by atoms with Crippen LogP contribution in [-0.4, -0.2) is 22.3 Å². The van der Waals surface area contributed by atoms with Crippen LogP contribution >= 0.6 is 23.2 Å². The van der Waals surface area contributed by atoms with Crippen LogP contribution in [0.5, 0.6) is 6.01 Å². The zero-order chi connectivity index (χ0) is 11.5. The number of ether oxygens (including phenoxy) is 1. The van der Waals surface area contributed by atoms with Gasteiger partial charge < -0.3 is 4.74 Å². The Morgan fingerprint density at radius 2 is 2.00 bits per heavy atom. The van der Waals surface area contributed by atoms with Gasteiger partial charge in [0.15, 0.2) is 0 Å². The molecule has 16 heavy (non-hydrogen) atoms. The summed E-state index contributed by atoms with van der Waals surface area (Å²) in [6.07, 6.45) is 1.54. The van der Waals surface area contributed by atoms with Crippen molar-refractivity contribution in [2.45, 2.75) is 0 Å². The van der Waals surface area contributed by atoms with Gasteiger partial charge in [0.25, 0.3) is 0 Å². The molecule has 2 rings (SSSR count). The molecule has 0 N–H and O–H groups in total. The minimum absolute atomic E-state index is 0.217. The highest BCUT2D eigenvalue weighted by Gasteiger charge is 2.07. The van der Waals surface area contributed by atoms with Gasteiger partial charge in [0.2, 0.25) is 0 Å². The van der Waals surface area contributed by atoms with Gasteiger partial charge >= 0.3 is 6.01 Å². The normalized spacial score (nSPS) is 10.2. The van der Waals surface area contributed by atoms with E-state index in [0.29, 0.717) is 15.7 Å². The molecule has 0 spiro atoms. The molecule has 0 aliphatic rings. The minimum Gasteiger partial charge on any atom is -0.466 e. The third kappa shape index (κ3) is 2.23. The third-order valence-corrected chi connectivity index (χ3v) is 2.48. The summed E-state index contributed by atoms with van der Waals surface area (Å²) >= 11 is 11.8. The third-order valence-electron chi connectivity index (χ3n) is 1.93. The van der Waals surface area contributed by atoms with Crippen LogP contribution in [0.2, 0.25) is 10.0 Å². The van der Waals surface area contributed by atoms with Crippen molar-refractivity contribution in [1.29, 1.82) is 0 Å². The second-order valence-corrected chi connectivity index (χ2v) is 3.80. The van der Waals surface area contributed by atoms with Gasteiger partial charge in [0.05, 0.1) is 18.3 Å². The van der Waals surface area contributed by atoms with Gasteiger partial charge in [-0.2, -0.15) is 0 Å². The molecular formula is C10H7Cl2N3O. The second kappa shape index (κ2) is 4.63. The maximum Gasteiger partial charge on any atom is 0.335 e. The van der Waals surface area contributed by atoms with Crippen LogP contribution in [0.15, 0.2) is 24.4 Å². The van der Waals surface area contributed by atoms with E-state index in [-0.39, 0.29) is 6.01 Å². The van der Waals surface area contributed by atoms with Crippen molar-refractivity contribution in [1.82, 2.24) is 15.2 Å².